The smallest absolute Gasteiger partial charge is 0.270 e. The molecule has 3 rings (SSSR count). The topological polar surface area (TPSA) is 133 Å². The fourth-order valence-electron chi connectivity index (χ4n) is 3.36. The minimum absolute atomic E-state index is 0.0765. The van der Waals surface area contributed by atoms with Gasteiger partial charge in [0.15, 0.2) is 0 Å². The summed E-state index contributed by atoms with van der Waals surface area (Å²) in [5, 5.41) is 15.2. The van der Waals surface area contributed by atoms with Crippen LogP contribution in [0.15, 0.2) is 59.1 Å². The Bertz CT molecular complexity index is 1060. The van der Waals surface area contributed by atoms with Gasteiger partial charge in [-0.25, -0.2) is 18.9 Å². The summed E-state index contributed by atoms with van der Waals surface area (Å²) in [5.41, 5.74) is 3.68. The van der Waals surface area contributed by atoms with Gasteiger partial charge >= 0.3 is 0 Å². The Morgan fingerprint density at radius 2 is 1.88 bits per heavy atom. The molecular formula is C22H29N5O5S. The summed E-state index contributed by atoms with van der Waals surface area (Å²) in [7, 11) is -2.02. The number of hydrogen-bond donors (Lipinski definition) is 4. The highest BCUT2D eigenvalue weighted by Gasteiger charge is 2.27. The van der Waals surface area contributed by atoms with Crippen LogP contribution in [0.4, 0.5) is 5.82 Å². The first kappa shape index (κ1) is 24.8. The van der Waals surface area contributed by atoms with Gasteiger partial charge in [-0.15, -0.1) is 0 Å². The Morgan fingerprint density at radius 1 is 1.12 bits per heavy atom. The van der Waals surface area contributed by atoms with Crippen LogP contribution in [0.5, 0.6) is 0 Å². The van der Waals surface area contributed by atoms with Gasteiger partial charge in [-0.2, -0.15) is 4.31 Å². The molecule has 2 aromatic rings. The van der Waals surface area contributed by atoms with Crippen LogP contribution in [-0.2, 0) is 19.6 Å². The second-order valence-electron chi connectivity index (χ2n) is 7.41. The first-order chi connectivity index (χ1) is 16.0. The molecule has 1 aliphatic rings. The van der Waals surface area contributed by atoms with Crippen molar-refractivity contribution >= 4 is 21.7 Å². The standard InChI is InChI=1S/C22H29N5O5S/c1-32-15-12-23-10-11-24-21-7-4-19(16-25-21)17-2-5-20(6-3-17)33(30,31)27-13-8-18(9-14-27)22(28)26-29/h2-8,16,23,29H,9-15H2,1H3,(H,24,25)(H,26,28). The molecule has 1 amide bonds. The third-order valence-corrected chi connectivity index (χ3v) is 7.12. The van der Waals surface area contributed by atoms with Gasteiger partial charge in [0.1, 0.15) is 5.82 Å². The number of hydrogen-bond acceptors (Lipinski definition) is 8. The molecule has 0 fully saturated rings. The van der Waals surface area contributed by atoms with Crippen LogP contribution in [0.25, 0.3) is 11.1 Å². The summed E-state index contributed by atoms with van der Waals surface area (Å²) in [6, 6.07) is 10.5. The lowest BCUT2D eigenvalue weighted by molar-refractivity contribution is -0.125. The number of anilines is 1. The highest BCUT2D eigenvalue weighted by Crippen LogP contribution is 2.25. The van der Waals surface area contributed by atoms with E-state index in [1.54, 1.807) is 43.1 Å². The fourth-order valence-corrected chi connectivity index (χ4v) is 4.74. The Kier molecular flexibility index (Phi) is 8.92. The number of carbonyl (C=O) groups is 1. The molecule has 11 heteroatoms. The molecule has 0 spiro atoms. The Hall–Kier alpha value is -2.83. The molecule has 0 unspecified atom stereocenters. The molecule has 0 saturated heterocycles. The van der Waals surface area contributed by atoms with Gasteiger partial charge in [0, 0.05) is 57.2 Å². The highest BCUT2D eigenvalue weighted by atomic mass is 32.2. The average molecular weight is 476 g/mol. The van der Waals surface area contributed by atoms with Crippen LogP contribution < -0.4 is 16.1 Å². The van der Waals surface area contributed by atoms with E-state index in [4.69, 9.17) is 9.94 Å². The molecule has 0 aliphatic carbocycles. The van der Waals surface area contributed by atoms with E-state index in [9.17, 15) is 13.2 Å². The van der Waals surface area contributed by atoms with Crippen molar-refractivity contribution in [3.05, 3.63) is 54.2 Å². The van der Waals surface area contributed by atoms with Gasteiger partial charge < -0.3 is 15.4 Å². The minimum Gasteiger partial charge on any atom is -0.383 e. The number of aromatic nitrogens is 1. The molecule has 0 atom stereocenters. The number of methoxy groups -OCH3 is 1. The van der Waals surface area contributed by atoms with Crippen molar-refractivity contribution in [2.24, 2.45) is 0 Å². The zero-order chi connectivity index (χ0) is 23.7. The molecule has 1 aromatic carbocycles. The number of nitrogens with zero attached hydrogens (tertiary/aromatic N) is 2. The fraction of sp³-hybridized carbons (Fsp3) is 0.364. The molecule has 178 valence electrons. The van der Waals surface area contributed by atoms with E-state index in [2.05, 4.69) is 15.6 Å². The van der Waals surface area contributed by atoms with Crippen molar-refractivity contribution in [2.45, 2.75) is 11.3 Å². The lowest BCUT2D eigenvalue weighted by atomic mass is 10.1. The van der Waals surface area contributed by atoms with Gasteiger partial charge in [0.25, 0.3) is 5.91 Å². The van der Waals surface area contributed by atoms with E-state index in [-0.39, 0.29) is 24.4 Å². The molecule has 2 heterocycles. The van der Waals surface area contributed by atoms with Crippen LogP contribution in [0, 0.1) is 0 Å². The van der Waals surface area contributed by atoms with Crippen molar-refractivity contribution in [1.82, 2.24) is 20.1 Å². The summed E-state index contributed by atoms with van der Waals surface area (Å²) in [6.45, 7) is 3.25. The molecule has 33 heavy (non-hydrogen) atoms. The summed E-state index contributed by atoms with van der Waals surface area (Å²) >= 11 is 0. The summed E-state index contributed by atoms with van der Waals surface area (Å²) < 4.78 is 32.1. The third kappa shape index (κ3) is 6.59. The Morgan fingerprint density at radius 3 is 2.48 bits per heavy atom. The maximum absolute atomic E-state index is 12.9. The van der Waals surface area contributed by atoms with E-state index in [1.807, 2.05) is 12.1 Å². The molecule has 0 saturated carbocycles. The second kappa shape index (κ2) is 11.9. The zero-order valence-corrected chi connectivity index (χ0v) is 19.3. The zero-order valence-electron chi connectivity index (χ0n) is 18.5. The summed E-state index contributed by atoms with van der Waals surface area (Å²) in [4.78, 5) is 16.1. The first-order valence-electron chi connectivity index (χ1n) is 10.6. The molecule has 0 bridgehead atoms. The van der Waals surface area contributed by atoms with Crippen molar-refractivity contribution in [3.8, 4) is 11.1 Å². The number of amides is 1. The van der Waals surface area contributed by atoms with Crippen LogP contribution in [-0.4, -0.2) is 75.3 Å². The average Bonchev–Trinajstić information content (AvgIpc) is 2.86. The SMILES string of the molecule is COCCNCCNc1ccc(-c2ccc(S(=O)(=O)N3CC=C(C(=O)NO)CC3)cc2)cn1. The number of sulfonamides is 1. The Balaban J connectivity index is 1.58. The van der Waals surface area contributed by atoms with Crippen molar-refractivity contribution in [2.75, 3.05) is 51.8 Å². The number of nitrogens with one attached hydrogen (secondary N) is 3. The van der Waals surface area contributed by atoms with Gasteiger partial charge in [-0.3, -0.25) is 10.0 Å². The van der Waals surface area contributed by atoms with E-state index < -0.39 is 15.9 Å². The van der Waals surface area contributed by atoms with Crippen LogP contribution >= 0.6 is 0 Å². The van der Waals surface area contributed by atoms with Gasteiger partial charge in [-0.05, 0) is 36.2 Å². The third-order valence-electron chi connectivity index (χ3n) is 5.24. The van der Waals surface area contributed by atoms with Crippen molar-refractivity contribution < 1.29 is 23.2 Å². The summed E-state index contributed by atoms with van der Waals surface area (Å²) in [5.74, 6) is 0.156. The van der Waals surface area contributed by atoms with Crippen LogP contribution in [0.1, 0.15) is 6.42 Å². The number of carbonyl (C=O) groups excluding carboxylic acids is 1. The minimum atomic E-state index is -3.69. The molecule has 0 radical (unpaired) electrons. The maximum atomic E-state index is 12.9. The van der Waals surface area contributed by atoms with Crippen molar-refractivity contribution in [3.63, 3.8) is 0 Å². The van der Waals surface area contributed by atoms with E-state index in [0.717, 1.165) is 36.6 Å². The predicted octanol–water partition coefficient (Wildman–Crippen LogP) is 1.22. The largest absolute Gasteiger partial charge is 0.383 e. The lowest BCUT2D eigenvalue weighted by Crippen LogP contribution is -2.37. The predicted molar refractivity (Wildman–Crippen MR) is 124 cm³/mol. The van der Waals surface area contributed by atoms with Gasteiger partial charge in [0.2, 0.25) is 10.0 Å². The Labute approximate surface area is 193 Å². The number of pyridine rings is 1. The van der Waals surface area contributed by atoms with Crippen LogP contribution in [0.3, 0.4) is 0 Å². The number of hydroxylamine groups is 1. The van der Waals surface area contributed by atoms with E-state index >= 15 is 0 Å². The molecule has 1 aromatic heterocycles. The monoisotopic (exact) mass is 475 g/mol. The van der Waals surface area contributed by atoms with E-state index in [0.29, 0.717) is 12.2 Å². The first-order valence-corrected chi connectivity index (χ1v) is 12.0. The number of ether oxygens (including phenoxy) is 1. The quantitative estimate of drug-likeness (QED) is 0.217. The highest BCUT2D eigenvalue weighted by molar-refractivity contribution is 7.89. The number of rotatable bonds is 11. The van der Waals surface area contributed by atoms with E-state index in [1.165, 1.54) is 10.4 Å². The molecule has 1 aliphatic heterocycles. The second-order valence-corrected chi connectivity index (χ2v) is 9.35. The lowest BCUT2D eigenvalue weighted by Gasteiger charge is -2.25. The van der Waals surface area contributed by atoms with Crippen molar-refractivity contribution in [1.29, 1.82) is 0 Å². The van der Waals surface area contributed by atoms with Gasteiger partial charge in [-0.1, -0.05) is 18.2 Å². The molecule has 10 nitrogen and oxygen atoms in total. The maximum Gasteiger partial charge on any atom is 0.270 e. The molecular weight excluding hydrogens is 446 g/mol. The summed E-state index contributed by atoms with van der Waals surface area (Å²) in [6.07, 6.45) is 3.49. The van der Waals surface area contributed by atoms with Crippen LogP contribution in [0.2, 0.25) is 0 Å². The van der Waals surface area contributed by atoms with Gasteiger partial charge in [0.05, 0.1) is 11.5 Å². The normalized spacial score (nSPS) is 14.5. The molecule has 4 N–H and O–H groups in total. The number of benzene rings is 1.